The summed E-state index contributed by atoms with van der Waals surface area (Å²) in [6.07, 6.45) is 85.3. The number of ether oxygens (including phenoxy) is 4. The quantitative estimate of drug-likeness (QED) is 0.0256. The van der Waals surface area contributed by atoms with E-state index in [0.29, 0.717) is 17.4 Å². The maximum absolute atomic E-state index is 13.0. The Morgan fingerprint density at radius 3 is 0.719 bits per heavy atom. The fourth-order valence-corrected chi connectivity index (χ4v) is 12.7. The lowest BCUT2D eigenvalue weighted by Gasteiger charge is -2.26. The van der Waals surface area contributed by atoms with E-state index < -0.39 is 24.3 Å². The van der Waals surface area contributed by atoms with Crippen molar-refractivity contribution in [3.63, 3.8) is 0 Å². The summed E-state index contributed by atoms with van der Waals surface area (Å²) in [6.45, 7) is 4.85. The van der Waals surface area contributed by atoms with E-state index in [-0.39, 0.29) is 32.2 Å². The normalized spacial score (nSPS) is 12.5. The highest BCUT2D eigenvalue weighted by atomic mass is 16.7. The van der Waals surface area contributed by atoms with Gasteiger partial charge in [-0.1, -0.05) is 412 Å². The van der Waals surface area contributed by atoms with Gasteiger partial charge in [0, 0.05) is 12.8 Å². The van der Waals surface area contributed by atoms with Gasteiger partial charge in [0.1, 0.15) is 13.2 Å². The molecule has 2 unspecified atom stereocenters. The summed E-state index contributed by atoms with van der Waals surface area (Å²) in [5.41, 5.74) is 0. The molecule has 0 saturated heterocycles. The van der Waals surface area contributed by atoms with Gasteiger partial charge in [-0.25, -0.2) is 0 Å². The third-order valence-electron chi connectivity index (χ3n) is 18.9. The molecular formula is C80H157NO8. The Morgan fingerprint density at radius 1 is 0.292 bits per heavy atom. The van der Waals surface area contributed by atoms with Gasteiger partial charge in [0.2, 0.25) is 0 Å². The highest BCUT2D eigenvalue weighted by molar-refractivity contribution is 5.70. The highest BCUT2D eigenvalue weighted by Crippen LogP contribution is 2.21. The molecule has 0 saturated carbocycles. The lowest BCUT2D eigenvalue weighted by Crippen LogP contribution is -2.44. The summed E-state index contributed by atoms with van der Waals surface area (Å²) < 4.78 is 22.9. The van der Waals surface area contributed by atoms with Crippen molar-refractivity contribution >= 4 is 17.9 Å². The summed E-state index contributed by atoms with van der Waals surface area (Å²) in [5, 5.41) is 11.8. The van der Waals surface area contributed by atoms with Crippen LogP contribution in [0.4, 0.5) is 0 Å². The van der Waals surface area contributed by atoms with Gasteiger partial charge < -0.3 is 33.3 Å². The average molecular weight is 1260 g/mol. The number of esters is 2. The number of rotatable bonds is 77. The minimum Gasteiger partial charge on any atom is -0.545 e. The van der Waals surface area contributed by atoms with Crippen LogP contribution in [0.15, 0.2) is 0 Å². The van der Waals surface area contributed by atoms with Crippen LogP contribution in [0.3, 0.4) is 0 Å². The van der Waals surface area contributed by atoms with Crippen LogP contribution in [0.25, 0.3) is 0 Å². The van der Waals surface area contributed by atoms with Crippen molar-refractivity contribution in [2.24, 2.45) is 0 Å². The van der Waals surface area contributed by atoms with Crippen LogP contribution >= 0.6 is 0 Å². The Morgan fingerprint density at radius 2 is 0.506 bits per heavy atom. The van der Waals surface area contributed by atoms with Crippen LogP contribution in [0.2, 0.25) is 0 Å². The number of likely N-dealkylation sites (N-methyl/N-ethyl adjacent to an activating group) is 1. The fourth-order valence-electron chi connectivity index (χ4n) is 12.7. The number of carbonyl (C=O) groups excluding carboxylic acids is 3. The van der Waals surface area contributed by atoms with E-state index in [0.717, 1.165) is 38.5 Å². The molecule has 0 radical (unpaired) electrons. The van der Waals surface area contributed by atoms with E-state index >= 15 is 0 Å². The predicted molar refractivity (Wildman–Crippen MR) is 381 cm³/mol. The van der Waals surface area contributed by atoms with Gasteiger partial charge in [0.05, 0.1) is 40.3 Å². The summed E-state index contributed by atoms with van der Waals surface area (Å²) in [5.74, 6) is -2.24. The molecule has 0 aliphatic carbocycles. The van der Waals surface area contributed by atoms with Gasteiger partial charge in [-0.3, -0.25) is 9.59 Å². The molecule has 0 bridgehead atoms. The number of carboxylic acids is 1. The molecule has 0 aliphatic heterocycles. The average Bonchev–Trinajstić information content (AvgIpc) is 3.64. The van der Waals surface area contributed by atoms with E-state index in [4.69, 9.17) is 18.9 Å². The van der Waals surface area contributed by atoms with Crippen LogP contribution in [0.1, 0.15) is 438 Å². The van der Waals surface area contributed by atoms with Crippen LogP contribution in [0.5, 0.6) is 0 Å². The molecule has 0 aromatic heterocycles. The second-order valence-corrected chi connectivity index (χ2v) is 29.1. The Bertz CT molecular complexity index is 1420. The van der Waals surface area contributed by atoms with E-state index in [1.165, 1.54) is 372 Å². The first-order valence-electron chi connectivity index (χ1n) is 40.2. The number of nitrogens with zero attached hydrogens (tertiary/aromatic N) is 1. The van der Waals surface area contributed by atoms with E-state index in [9.17, 15) is 19.5 Å². The summed E-state index contributed by atoms with van der Waals surface area (Å²) in [4.78, 5) is 37.5. The smallest absolute Gasteiger partial charge is 0.306 e. The van der Waals surface area contributed by atoms with E-state index in [2.05, 4.69) is 13.8 Å². The maximum Gasteiger partial charge on any atom is 0.306 e. The zero-order valence-electron chi connectivity index (χ0n) is 60.9. The van der Waals surface area contributed by atoms with Gasteiger partial charge >= 0.3 is 11.9 Å². The van der Waals surface area contributed by atoms with Crippen molar-refractivity contribution in [3.05, 3.63) is 0 Å². The highest BCUT2D eigenvalue weighted by Gasteiger charge is 2.22. The molecule has 0 aromatic rings. The first-order chi connectivity index (χ1) is 43.6. The van der Waals surface area contributed by atoms with Gasteiger partial charge in [0.15, 0.2) is 12.4 Å². The van der Waals surface area contributed by atoms with Crippen LogP contribution in [0, 0.1) is 0 Å². The molecule has 0 N–H and O–H groups in total. The lowest BCUT2D eigenvalue weighted by atomic mass is 10.0. The number of carboxylic acid groups (broad SMARTS) is 1. The maximum atomic E-state index is 13.0. The molecule has 0 heterocycles. The van der Waals surface area contributed by atoms with Crippen molar-refractivity contribution in [2.75, 3.05) is 47.5 Å². The standard InChI is InChI=1S/C80H157NO8/c1-6-8-10-12-14-16-18-20-22-24-26-28-30-31-32-33-34-35-36-37-38-39-40-41-42-43-44-45-46-47-49-51-53-55-57-59-61-63-65-67-69-71-78(83)89-76(75-88-80(79(84)85)86-73-72-81(3,4)5)74-87-77(82)70-68-66-64-62-60-58-56-54-52-50-48-29-27-25-23-21-19-17-15-13-11-9-7-2/h76,80H,6-75H2,1-5H3. The minimum absolute atomic E-state index is 0.154. The largest absolute Gasteiger partial charge is 0.545 e. The monoisotopic (exact) mass is 1260 g/mol. The molecule has 0 rings (SSSR count). The van der Waals surface area contributed by atoms with Crippen LogP contribution in [-0.4, -0.2) is 82.3 Å². The molecule has 9 heteroatoms. The van der Waals surface area contributed by atoms with Gasteiger partial charge in [-0.15, -0.1) is 0 Å². The molecule has 89 heavy (non-hydrogen) atoms. The number of unbranched alkanes of at least 4 members (excludes halogenated alkanes) is 62. The summed E-state index contributed by atoms with van der Waals surface area (Å²) >= 11 is 0. The molecule has 0 aromatic carbocycles. The zero-order valence-corrected chi connectivity index (χ0v) is 60.9. The second-order valence-electron chi connectivity index (χ2n) is 29.1. The Hall–Kier alpha value is -1.71. The molecule has 530 valence electrons. The van der Waals surface area contributed by atoms with Crippen molar-refractivity contribution in [1.29, 1.82) is 0 Å². The first-order valence-corrected chi connectivity index (χ1v) is 40.2. The lowest BCUT2D eigenvalue weighted by molar-refractivity contribution is -0.870. The summed E-state index contributed by atoms with van der Waals surface area (Å²) in [6, 6.07) is 0. The van der Waals surface area contributed by atoms with Crippen LogP contribution < -0.4 is 5.11 Å². The molecule has 9 nitrogen and oxygen atoms in total. The van der Waals surface area contributed by atoms with Crippen molar-refractivity contribution < 1.29 is 42.9 Å². The molecular weight excluding hydrogens is 1100 g/mol. The van der Waals surface area contributed by atoms with Gasteiger partial charge in [-0.2, -0.15) is 0 Å². The van der Waals surface area contributed by atoms with Crippen molar-refractivity contribution in [2.45, 2.75) is 450 Å². The third kappa shape index (κ3) is 73.6. The predicted octanol–water partition coefficient (Wildman–Crippen LogP) is 24.0. The SMILES string of the molecule is CCCCCCCCCCCCCCCCCCCCCCCCCCCCCCCCCCCCCCCCCCCC(=O)OC(COC(=O)CCCCCCCCCCCCCCCCCCCCCCCCC)COC(OCC[N+](C)(C)C)C(=O)[O-]. The van der Waals surface area contributed by atoms with Gasteiger partial charge in [-0.05, 0) is 12.8 Å². The number of carbonyl (C=O) groups is 3. The number of hydrogen-bond acceptors (Lipinski definition) is 8. The second kappa shape index (κ2) is 72.1. The number of quaternary nitrogens is 1. The van der Waals surface area contributed by atoms with E-state index in [1.807, 2.05) is 21.1 Å². The molecule has 0 amide bonds. The Kier molecular flexibility index (Phi) is 70.7. The fraction of sp³-hybridized carbons (Fsp3) is 0.963. The Balaban J connectivity index is 3.89. The van der Waals surface area contributed by atoms with Crippen molar-refractivity contribution in [1.82, 2.24) is 0 Å². The molecule has 0 fully saturated rings. The van der Waals surface area contributed by atoms with E-state index in [1.54, 1.807) is 0 Å². The molecule has 0 spiro atoms. The number of aliphatic carboxylic acids is 1. The third-order valence-corrected chi connectivity index (χ3v) is 18.9. The number of hydrogen-bond donors (Lipinski definition) is 0. The molecule has 0 aliphatic rings. The minimum atomic E-state index is -1.62. The van der Waals surface area contributed by atoms with Gasteiger partial charge in [0.25, 0.3) is 0 Å². The molecule has 2 atom stereocenters. The zero-order chi connectivity index (χ0) is 64.7. The Labute approximate surface area is 555 Å². The summed E-state index contributed by atoms with van der Waals surface area (Å²) in [7, 11) is 5.96. The first kappa shape index (κ1) is 87.3. The topological polar surface area (TPSA) is 111 Å². The van der Waals surface area contributed by atoms with Crippen LogP contribution in [-0.2, 0) is 33.3 Å². The van der Waals surface area contributed by atoms with Crippen molar-refractivity contribution in [3.8, 4) is 0 Å².